The second-order valence-electron chi connectivity index (χ2n) is 4.87. The van der Waals surface area contributed by atoms with E-state index in [2.05, 4.69) is 5.32 Å². The van der Waals surface area contributed by atoms with Gasteiger partial charge in [-0.3, -0.25) is 4.79 Å². The fraction of sp³-hybridized carbons (Fsp3) is 0.500. The van der Waals surface area contributed by atoms with E-state index < -0.39 is 0 Å². The van der Waals surface area contributed by atoms with Gasteiger partial charge in [0.05, 0.1) is 12.1 Å². The quantitative estimate of drug-likeness (QED) is 0.892. The van der Waals surface area contributed by atoms with Crippen molar-refractivity contribution in [1.29, 1.82) is 0 Å². The third-order valence-corrected chi connectivity index (χ3v) is 4.03. The zero-order chi connectivity index (χ0) is 13.8. The molecule has 19 heavy (non-hydrogen) atoms. The van der Waals surface area contributed by atoms with Crippen LogP contribution in [0.2, 0.25) is 5.02 Å². The van der Waals surface area contributed by atoms with Gasteiger partial charge < -0.3 is 15.8 Å². The first-order valence-electron chi connectivity index (χ1n) is 6.50. The summed E-state index contributed by atoms with van der Waals surface area (Å²) in [5.74, 6) is 0.916. The Bertz CT molecular complexity index is 465. The number of benzene rings is 1. The maximum Gasteiger partial charge on any atom is 0.227 e. The van der Waals surface area contributed by atoms with Gasteiger partial charge in [0.2, 0.25) is 5.91 Å². The standard InChI is InChI=1S/C14H19ClN2O2/c1-19-13-7-10(5-6-12(13)15)17-14(18)11-4-2-3-9(11)8-16/h5-7,9,11H,2-4,8,16H2,1H3,(H,17,18). The zero-order valence-electron chi connectivity index (χ0n) is 11.0. The molecule has 104 valence electrons. The Hall–Kier alpha value is -1.26. The Morgan fingerprint density at radius 1 is 1.53 bits per heavy atom. The number of nitrogens with two attached hydrogens (primary N) is 1. The SMILES string of the molecule is COc1cc(NC(=O)C2CCCC2CN)ccc1Cl. The number of carbonyl (C=O) groups excluding carboxylic acids is 1. The smallest absolute Gasteiger partial charge is 0.227 e. The number of anilines is 1. The molecule has 0 aromatic heterocycles. The maximum absolute atomic E-state index is 12.2. The molecular formula is C14H19ClN2O2. The minimum Gasteiger partial charge on any atom is -0.495 e. The van der Waals surface area contributed by atoms with Gasteiger partial charge in [-0.05, 0) is 37.4 Å². The number of methoxy groups -OCH3 is 1. The summed E-state index contributed by atoms with van der Waals surface area (Å²) in [6.07, 6.45) is 3.03. The highest BCUT2D eigenvalue weighted by molar-refractivity contribution is 6.32. The van der Waals surface area contributed by atoms with E-state index in [4.69, 9.17) is 22.1 Å². The number of hydrogen-bond acceptors (Lipinski definition) is 3. The van der Waals surface area contributed by atoms with Crippen LogP contribution in [0.15, 0.2) is 18.2 Å². The lowest BCUT2D eigenvalue weighted by molar-refractivity contribution is -0.120. The molecule has 2 rings (SSSR count). The van der Waals surface area contributed by atoms with Crippen LogP contribution in [0, 0.1) is 11.8 Å². The van der Waals surface area contributed by atoms with Gasteiger partial charge >= 0.3 is 0 Å². The molecule has 0 heterocycles. The molecule has 0 saturated heterocycles. The molecule has 2 atom stereocenters. The van der Waals surface area contributed by atoms with E-state index in [0.717, 1.165) is 19.3 Å². The summed E-state index contributed by atoms with van der Waals surface area (Å²) in [6.45, 7) is 0.571. The predicted octanol–water partition coefficient (Wildman–Crippen LogP) is 2.66. The Labute approximate surface area is 118 Å². The molecule has 3 N–H and O–H groups in total. The molecule has 1 fully saturated rings. The summed E-state index contributed by atoms with van der Waals surface area (Å²) in [4.78, 5) is 12.2. The van der Waals surface area contributed by atoms with E-state index in [-0.39, 0.29) is 11.8 Å². The largest absolute Gasteiger partial charge is 0.495 e. The molecule has 1 saturated carbocycles. The molecule has 1 aromatic carbocycles. The Morgan fingerprint density at radius 2 is 2.32 bits per heavy atom. The third kappa shape index (κ3) is 3.19. The molecule has 1 aliphatic rings. The zero-order valence-corrected chi connectivity index (χ0v) is 11.7. The van der Waals surface area contributed by atoms with Crippen molar-refractivity contribution in [2.45, 2.75) is 19.3 Å². The summed E-state index contributed by atoms with van der Waals surface area (Å²) in [5.41, 5.74) is 6.41. The molecule has 1 amide bonds. The highest BCUT2D eigenvalue weighted by atomic mass is 35.5. The fourth-order valence-electron chi connectivity index (χ4n) is 2.64. The topological polar surface area (TPSA) is 64.3 Å². The van der Waals surface area contributed by atoms with Gasteiger partial charge in [-0.2, -0.15) is 0 Å². The number of halogens is 1. The van der Waals surface area contributed by atoms with Crippen LogP contribution in [0.4, 0.5) is 5.69 Å². The highest BCUT2D eigenvalue weighted by Crippen LogP contribution is 2.33. The second-order valence-corrected chi connectivity index (χ2v) is 5.28. The lowest BCUT2D eigenvalue weighted by Gasteiger charge is -2.17. The van der Waals surface area contributed by atoms with Crippen LogP contribution < -0.4 is 15.8 Å². The second kappa shape index (κ2) is 6.26. The van der Waals surface area contributed by atoms with Gasteiger partial charge in [0.1, 0.15) is 5.75 Å². The molecule has 1 aliphatic carbocycles. The number of carbonyl (C=O) groups is 1. The fourth-order valence-corrected chi connectivity index (χ4v) is 2.83. The number of rotatable bonds is 4. The number of hydrogen-bond donors (Lipinski definition) is 2. The third-order valence-electron chi connectivity index (χ3n) is 3.72. The molecule has 1 aromatic rings. The van der Waals surface area contributed by atoms with E-state index >= 15 is 0 Å². The van der Waals surface area contributed by atoms with Crippen molar-refractivity contribution >= 4 is 23.2 Å². The first-order chi connectivity index (χ1) is 9.15. The van der Waals surface area contributed by atoms with Crippen LogP contribution in [0.25, 0.3) is 0 Å². The van der Waals surface area contributed by atoms with Crippen molar-refractivity contribution in [2.75, 3.05) is 19.0 Å². The predicted molar refractivity (Wildman–Crippen MR) is 76.5 cm³/mol. The van der Waals surface area contributed by atoms with Crippen molar-refractivity contribution in [3.05, 3.63) is 23.2 Å². The minimum atomic E-state index is 0.0201. The Morgan fingerprint density at radius 3 is 3.00 bits per heavy atom. The summed E-state index contributed by atoms with van der Waals surface area (Å²) in [7, 11) is 1.55. The van der Waals surface area contributed by atoms with E-state index in [0.29, 0.717) is 28.9 Å². The van der Waals surface area contributed by atoms with Crippen LogP contribution in [0.5, 0.6) is 5.75 Å². The van der Waals surface area contributed by atoms with Crippen molar-refractivity contribution < 1.29 is 9.53 Å². The molecule has 0 spiro atoms. The lowest BCUT2D eigenvalue weighted by Crippen LogP contribution is -2.29. The average molecular weight is 283 g/mol. The summed E-state index contributed by atoms with van der Waals surface area (Å²) < 4.78 is 5.13. The van der Waals surface area contributed by atoms with Gasteiger partial charge in [-0.1, -0.05) is 18.0 Å². The van der Waals surface area contributed by atoms with E-state index in [9.17, 15) is 4.79 Å². The van der Waals surface area contributed by atoms with Gasteiger partial charge in [-0.25, -0.2) is 0 Å². The summed E-state index contributed by atoms with van der Waals surface area (Å²) >= 11 is 5.95. The molecule has 0 bridgehead atoms. The van der Waals surface area contributed by atoms with E-state index in [1.165, 1.54) is 0 Å². The molecule has 0 aliphatic heterocycles. The molecule has 4 nitrogen and oxygen atoms in total. The van der Waals surface area contributed by atoms with Crippen molar-refractivity contribution in [1.82, 2.24) is 0 Å². The summed E-state index contributed by atoms with van der Waals surface area (Å²) in [6, 6.07) is 5.22. The molecule has 5 heteroatoms. The van der Waals surface area contributed by atoms with Gasteiger partial charge in [0.15, 0.2) is 0 Å². The molecule has 2 unspecified atom stereocenters. The Balaban J connectivity index is 2.06. The summed E-state index contributed by atoms with van der Waals surface area (Å²) in [5, 5.41) is 3.45. The highest BCUT2D eigenvalue weighted by Gasteiger charge is 2.31. The van der Waals surface area contributed by atoms with Crippen molar-refractivity contribution in [3.8, 4) is 5.75 Å². The van der Waals surface area contributed by atoms with Crippen LogP contribution in [-0.4, -0.2) is 19.6 Å². The normalized spacial score (nSPS) is 22.3. The van der Waals surface area contributed by atoms with Crippen LogP contribution in [0.3, 0.4) is 0 Å². The van der Waals surface area contributed by atoms with E-state index in [1.807, 2.05) is 0 Å². The number of ether oxygens (including phenoxy) is 1. The van der Waals surface area contributed by atoms with Crippen molar-refractivity contribution in [2.24, 2.45) is 17.6 Å². The van der Waals surface area contributed by atoms with E-state index in [1.54, 1.807) is 25.3 Å². The minimum absolute atomic E-state index is 0.0201. The maximum atomic E-state index is 12.2. The van der Waals surface area contributed by atoms with Crippen molar-refractivity contribution in [3.63, 3.8) is 0 Å². The molecule has 0 radical (unpaired) electrons. The first kappa shape index (κ1) is 14.2. The Kier molecular flexibility index (Phi) is 4.66. The first-order valence-corrected chi connectivity index (χ1v) is 6.88. The van der Waals surface area contributed by atoms with Crippen LogP contribution in [0.1, 0.15) is 19.3 Å². The number of amides is 1. The van der Waals surface area contributed by atoms with Gasteiger partial charge in [0, 0.05) is 17.7 Å². The molecular weight excluding hydrogens is 264 g/mol. The van der Waals surface area contributed by atoms with Crippen LogP contribution in [-0.2, 0) is 4.79 Å². The van der Waals surface area contributed by atoms with Gasteiger partial charge in [0.25, 0.3) is 0 Å². The van der Waals surface area contributed by atoms with Crippen LogP contribution >= 0.6 is 11.6 Å². The lowest BCUT2D eigenvalue weighted by atomic mass is 9.95. The average Bonchev–Trinajstić information content (AvgIpc) is 2.89. The monoisotopic (exact) mass is 282 g/mol. The number of nitrogens with one attached hydrogen (secondary N) is 1. The van der Waals surface area contributed by atoms with Gasteiger partial charge in [-0.15, -0.1) is 0 Å².